The van der Waals surface area contributed by atoms with Crippen LogP contribution in [0, 0.1) is 0 Å². The van der Waals surface area contributed by atoms with Gasteiger partial charge in [-0.25, -0.2) is 0 Å². The molecule has 41 heavy (non-hydrogen) atoms. The number of amidine groups is 1. The first kappa shape index (κ1) is 26.9. The van der Waals surface area contributed by atoms with Crippen molar-refractivity contribution in [1.29, 1.82) is 0 Å². The summed E-state index contributed by atoms with van der Waals surface area (Å²) in [6, 6.07) is 39.9. The lowest BCUT2D eigenvalue weighted by molar-refractivity contribution is -0.122. The predicted molar refractivity (Wildman–Crippen MR) is 170 cm³/mol. The van der Waals surface area contributed by atoms with Crippen molar-refractivity contribution < 1.29 is 9.53 Å². The Morgan fingerprint density at radius 3 is 2.20 bits per heavy atom. The van der Waals surface area contributed by atoms with Crippen LogP contribution in [0.4, 0.5) is 0 Å². The number of rotatable bonds is 8. The van der Waals surface area contributed by atoms with E-state index in [2.05, 4.69) is 12.1 Å². The van der Waals surface area contributed by atoms with Gasteiger partial charge in [-0.15, -0.1) is 0 Å². The third-order valence-corrected chi connectivity index (χ3v) is 8.12. The van der Waals surface area contributed by atoms with Crippen molar-refractivity contribution in [3.8, 4) is 5.75 Å². The number of carbonyl (C=O) groups excluding carboxylic acids is 1. The van der Waals surface area contributed by atoms with Gasteiger partial charge in [0.25, 0.3) is 5.91 Å². The van der Waals surface area contributed by atoms with Crippen molar-refractivity contribution in [3.63, 3.8) is 0 Å². The maximum absolute atomic E-state index is 13.9. The molecule has 1 saturated heterocycles. The topological polar surface area (TPSA) is 41.9 Å². The van der Waals surface area contributed by atoms with E-state index < -0.39 is 0 Å². The highest BCUT2D eigenvalue weighted by Crippen LogP contribution is 2.38. The summed E-state index contributed by atoms with van der Waals surface area (Å²) in [6.07, 6.45) is 1.95. The van der Waals surface area contributed by atoms with Gasteiger partial charge in [0.1, 0.15) is 12.4 Å². The average Bonchev–Trinajstić information content (AvgIpc) is 3.30. The Morgan fingerprint density at radius 1 is 0.756 bits per heavy atom. The zero-order chi connectivity index (χ0) is 28.0. The van der Waals surface area contributed by atoms with Gasteiger partial charge in [0.15, 0.2) is 5.17 Å². The molecule has 4 nitrogen and oxygen atoms in total. The fourth-order valence-electron chi connectivity index (χ4n) is 4.70. The molecule has 1 amide bonds. The Bertz CT molecular complexity index is 1740. The van der Waals surface area contributed by atoms with Crippen LogP contribution >= 0.6 is 23.4 Å². The number of fused-ring (bicyclic) bond motifs is 1. The van der Waals surface area contributed by atoms with Crippen molar-refractivity contribution >= 4 is 51.3 Å². The van der Waals surface area contributed by atoms with Crippen LogP contribution in [-0.2, 0) is 24.5 Å². The van der Waals surface area contributed by atoms with E-state index >= 15 is 0 Å². The van der Waals surface area contributed by atoms with Crippen LogP contribution in [-0.4, -0.2) is 16.0 Å². The average molecular weight is 575 g/mol. The highest BCUT2D eigenvalue weighted by Gasteiger charge is 2.33. The molecule has 5 aromatic rings. The standard InChI is InChI=1S/C35H27ClN2O2S/c36-29-18-15-27(16-19-29)24-40-32-20-17-28-13-7-8-14-30(28)31(32)21-33-34(39)38(23-26-11-5-2-6-12-26)35(41-33)37-22-25-9-3-1-4-10-25/h1-21H,22-24H2/b33-21+,37-35?. The lowest BCUT2D eigenvalue weighted by atomic mass is 10.0. The number of hydrogen-bond donors (Lipinski definition) is 0. The highest BCUT2D eigenvalue weighted by molar-refractivity contribution is 8.18. The molecule has 5 aromatic carbocycles. The fraction of sp³-hybridized carbons (Fsp3) is 0.0857. The third-order valence-electron chi connectivity index (χ3n) is 6.83. The number of hydrogen-bond acceptors (Lipinski definition) is 4. The summed E-state index contributed by atoms with van der Waals surface area (Å²) in [5, 5.41) is 3.48. The van der Waals surface area contributed by atoms with E-state index in [9.17, 15) is 4.79 Å². The number of nitrogens with zero attached hydrogens (tertiary/aromatic N) is 2. The number of benzene rings is 5. The van der Waals surface area contributed by atoms with Crippen molar-refractivity contribution in [2.45, 2.75) is 19.7 Å². The van der Waals surface area contributed by atoms with E-state index in [1.807, 2.05) is 115 Å². The number of aliphatic imine (C=N–C) groups is 1. The molecular weight excluding hydrogens is 548 g/mol. The second kappa shape index (κ2) is 12.5. The molecule has 6 rings (SSSR count). The lowest BCUT2D eigenvalue weighted by Crippen LogP contribution is -2.28. The van der Waals surface area contributed by atoms with Crippen LogP contribution in [0.5, 0.6) is 5.75 Å². The molecule has 0 saturated carbocycles. The normalized spacial score (nSPS) is 15.2. The molecule has 0 unspecified atom stereocenters. The van der Waals surface area contributed by atoms with Gasteiger partial charge in [-0.1, -0.05) is 115 Å². The van der Waals surface area contributed by atoms with Gasteiger partial charge in [0.2, 0.25) is 0 Å². The lowest BCUT2D eigenvalue weighted by Gasteiger charge is -2.16. The molecule has 0 N–H and O–H groups in total. The van der Waals surface area contributed by atoms with Crippen molar-refractivity contribution in [3.05, 3.63) is 154 Å². The number of amides is 1. The second-order valence-corrected chi connectivity index (χ2v) is 11.1. The van der Waals surface area contributed by atoms with Crippen LogP contribution < -0.4 is 4.74 Å². The quantitative estimate of drug-likeness (QED) is 0.174. The third kappa shape index (κ3) is 6.37. The molecular formula is C35H27ClN2O2S. The van der Waals surface area contributed by atoms with Crippen molar-refractivity contribution in [1.82, 2.24) is 4.90 Å². The zero-order valence-corrected chi connectivity index (χ0v) is 23.8. The summed E-state index contributed by atoms with van der Waals surface area (Å²) >= 11 is 7.47. The second-order valence-electron chi connectivity index (χ2n) is 9.69. The Labute approximate surface area is 249 Å². The SMILES string of the molecule is O=C1/C(=C\c2c(OCc3ccc(Cl)cc3)ccc3ccccc23)SC(=NCc2ccccc2)N1Cc1ccccc1. The van der Waals surface area contributed by atoms with E-state index in [-0.39, 0.29) is 5.91 Å². The molecule has 0 bridgehead atoms. The number of ether oxygens (including phenoxy) is 1. The van der Waals surface area contributed by atoms with E-state index in [1.54, 1.807) is 4.90 Å². The first-order valence-electron chi connectivity index (χ1n) is 13.4. The molecule has 1 fully saturated rings. The molecule has 1 aliphatic rings. The van der Waals surface area contributed by atoms with Gasteiger partial charge in [-0.2, -0.15) is 0 Å². The first-order valence-corrected chi connectivity index (χ1v) is 14.6. The summed E-state index contributed by atoms with van der Waals surface area (Å²) in [6.45, 7) is 1.34. The summed E-state index contributed by atoms with van der Waals surface area (Å²) in [5.74, 6) is 0.645. The Balaban J connectivity index is 1.36. The van der Waals surface area contributed by atoms with Crippen LogP contribution in [0.2, 0.25) is 5.02 Å². The molecule has 0 aliphatic carbocycles. The van der Waals surface area contributed by atoms with Gasteiger partial charge in [-0.3, -0.25) is 14.7 Å². The summed E-state index contributed by atoms with van der Waals surface area (Å²) in [5.41, 5.74) is 4.03. The minimum Gasteiger partial charge on any atom is -0.488 e. The maximum Gasteiger partial charge on any atom is 0.267 e. The van der Waals surface area contributed by atoms with E-state index in [0.717, 1.165) is 33.0 Å². The largest absolute Gasteiger partial charge is 0.488 e. The number of halogens is 1. The van der Waals surface area contributed by atoms with Gasteiger partial charge < -0.3 is 4.74 Å². The van der Waals surface area contributed by atoms with Crippen LogP contribution in [0.3, 0.4) is 0 Å². The van der Waals surface area contributed by atoms with Crippen LogP contribution in [0.25, 0.3) is 16.8 Å². The molecule has 202 valence electrons. The Hall–Kier alpha value is -4.32. The van der Waals surface area contributed by atoms with E-state index in [0.29, 0.717) is 40.5 Å². The number of thioether (sulfide) groups is 1. The van der Waals surface area contributed by atoms with E-state index in [4.69, 9.17) is 21.3 Å². The van der Waals surface area contributed by atoms with Crippen LogP contribution in [0.15, 0.2) is 131 Å². The van der Waals surface area contributed by atoms with E-state index in [1.165, 1.54) is 11.8 Å². The summed E-state index contributed by atoms with van der Waals surface area (Å²) < 4.78 is 6.32. The van der Waals surface area contributed by atoms with Crippen LogP contribution in [0.1, 0.15) is 22.3 Å². The maximum atomic E-state index is 13.9. The number of carbonyl (C=O) groups is 1. The monoisotopic (exact) mass is 574 g/mol. The molecule has 0 aromatic heterocycles. The molecule has 0 radical (unpaired) electrons. The molecule has 6 heteroatoms. The minimum absolute atomic E-state index is 0.0674. The molecule has 0 atom stereocenters. The highest BCUT2D eigenvalue weighted by atomic mass is 35.5. The smallest absolute Gasteiger partial charge is 0.267 e. The van der Waals surface area contributed by atoms with Gasteiger partial charge in [-0.05, 0) is 63.5 Å². The molecule has 0 spiro atoms. The van der Waals surface area contributed by atoms with Gasteiger partial charge in [0.05, 0.1) is 18.0 Å². The van der Waals surface area contributed by atoms with Gasteiger partial charge in [0, 0.05) is 10.6 Å². The summed E-state index contributed by atoms with van der Waals surface area (Å²) in [7, 11) is 0. The first-order chi connectivity index (χ1) is 20.1. The summed E-state index contributed by atoms with van der Waals surface area (Å²) in [4.78, 5) is 21.2. The Morgan fingerprint density at radius 2 is 1.44 bits per heavy atom. The zero-order valence-electron chi connectivity index (χ0n) is 22.2. The van der Waals surface area contributed by atoms with Crippen molar-refractivity contribution in [2.24, 2.45) is 4.99 Å². The van der Waals surface area contributed by atoms with Gasteiger partial charge >= 0.3 is 0 Å². The molecule has 1 heterocycles. The fourth-order valence-corrected chi connectivity index (χ4v) is 5.78. The Kier molecular flexibility index (Phi) is 8.17. The minimum atomic E-state index is -0.0674. The molecule has 1 aliphatic heterocycles. The van der Waals surface area contributed by atoms with Crippen molar-refractivity contribution in [2.75, 3.05) is 0 Å². The predicted octanol–water partition coefficient (Wildman–Crippen LogP) is 8.74.